The van der Waals surface area contributed by atoms with Crippen molar-refractivity contribution in [2.45, 2.75) is 37.9 Å². The number of rotatable bonds is 5. The average Bonchev–Trinajstić information content (AvgIpc) is 2.74. The number of aromatic nitrogens is 2. The predicted octanol–water partition coefficient (Wildman–Crippen LogP) is 1.82. The third-order valence-corrected chi connectivity index (χ3v) is 5.55. The molecule has 0 saturated carbocycles. The molecule has 2 heterocycles. The highest BCUT2D eigenvalue weighted by Crippen LogP contribution is 2.29. The third-order valence-electron chi connectivity index (χ3n) is 5.55. The van der Waals surface area contributed by atoms with Gasteiger partial charge in [-0.3, -0.25) is 14.2 Å². The monoisotopic (exact) mass is 438 g/mol. The fraction of sp³-hybridized carbons (Fsp3) is 0.476. The van der Waals surface area contributed by atoms with Gasteiger partial charge in [0.05, 0.1) is 5.56 Å². The van der Waals surface area contributed by atoms with Crippen molar-refractivity contribution in [2.75, 3.05) is 18.0 Å². The Kier molecular flexibility index (Phi) is 6.56. The van der Waals surface area contributed by atoms with E-state index in [9.17, 15) is 27.6 Å². The molecule has 1 N–H and O–H groups in total. The van der Waals surface area contributed by atoms with Crippen LogP contribution in [0.3, 0.4) is 0 Å². The van der Waals surface area contributed by atoms with E-state index < -0.39 is 11.7 Å². The normalized spacial score (nSPS) is 15.2. The molecule has 0 aliphatic carbocycles. The zero-order valence-electron chi connectivity index (χ0n) is 17.4. The minimum atomic E-state index is -4.37. The van der Waals surface area contributed by atoms with Crippen molar-refractivity contribution in [2.24, 2.45) is 14.1 Å². The zero-order chi connectivity index (χ0) is 22.8. The lowest BCUT2D eigenvalue weighted by Gasteiger charge is -2.33. The number of hydrogen-bond acceptors (Lipinski definition) is 4. The van der Waals surface area contributed by atoms with Crippen molar-refractivity contribution in [1.29, 1.82) is 0 Å². The van der Waals surface area contributed by atoms with Gasteiger partial charge in [0, 0.05) is 45.8 Å². The third kappa shape index (κ3) is 5.36. The van der Waals surface area contributed by atoms with E-state index >= 15 is 0 Å². The molecule has 1 aromatic carbocycles. The minimum Gasteiger partial charge on any atom is -0.366 e. The molecule has 1 fully saturated rings. The number of carbonyl (C=O) groups excluding carboxylic acids is 1. The Morgan fingerprint density at radius 2 is 1.71 bits per heavy atom. The van der Waals surface area contributed by atoms with Crippen LogP contribution in [-0.2, 0) is 31.5 Å². The Morgan fingerprint density at radius 1 is 1.10 bits per heavy atom. The number of alkyl halides is 3. The topological polar surface area (TPSA) is 76.3 Å². The van der Waals surface area contributed by atoms with Crippen LogP contribution in [0.15, 0.2) is 40.1 Å². The first-order valence-corrected chi connectivity index (χ1v) is 10.0. The van der Waals surface area contributed by atoms with Gasteiger partial charge in [0.15, 0.2) is 0 Å². The van der Waals surface area contributed by atoms with Gasteiger partial charge in [-0.25, -0.2) is 4.79 Å². The number of anilines is 1. The van der Waals surface area contributed by atoms with E-state index in [1.165, 1.54) is 29.9 Å². The molecule has 1 amide bonds. The summed E-state index contributed by atoms with van der Waals surface area (Å²) >= 11 is 0. The molecule has 168 valence electrons. The number of hydrogen-bond donors (Lipinski definition) is 1. The second-order valence-corrected chi connectivity index (χ2v) is 7.80. The van der Waals surface area contributed by atoms with Crippen molar-refractivity contribution >= 4 is 11.6 Å². The highest BCUT2D eigenvalue weighted by atomic mass is 19.4. The van der Waals surface area contributed by atoms with Gasteiger partial charge >= 0.3 is 11.9 Å². The van der Waals surface area contributed by atoms with Crippen molar-refractivity contribution < 1.29 is 18.0 Å². The summed E-state index contributed by atoms with van der Waals surface area (Å²) in [4.78, 5) is 38.4. The van der Waals surface area contributed by atoms with Crippen LogP contribution in [0.1, 0.15) is 30.4 Å². The first-order chi connectivity index (χ1) is 14.6. The van der Waals surface area contributed by atoms with Crippen LogP contribution >= 0.6 is 0 Å². The largest absolute Gasteiger partial charge is 0.416 e. The number of nitrogens with zero attached hydrogens (tertiary/aromatic N) is 3. The maximum absolute atomic E-state index is 12.6. The van der Waals surface area contributed by atoms with Gasteiger partial charge in [-0.05, 0) is 37.0 Å². The molecule has 0 radical (unpaired) electrons. The Balaban J connectivity index is 1.49. The van der Waals surface area contributed by atoms with Gasteiger partial charge in [0.2, 0.25) is 5.91 Å². The van der Waals surface area contributed by atoms with Gasteiger partial charge in [-0.15, -0.1) is 0 Å². The highest BCUT2D eigenvalue weighted by Gasteiger charge is 2.30. The summed E-state index contributed by atoms with van der Waals surface area (Å²) in [5.74, 6) is -0.156. The van der Waals surface area contributed by atoms with Crippen molar-refractivity contribution in [3.63, 3.8) is 0 Å². The quantitative estimate of drug-likeness (QED) is 0.773. The molecule has 1 saturated heterocycles. The summed E-state index contributed by atoms with van der Waals surface area (Å²) in [7, 11) is 3.03. The number of benzene rings is 1. The molecule has 3 rings (SSSR count). The molecule has 1 aromatic heterocycles. The molecular weight excluding hydrogens is 413 g/mol. The molecule has 0 bridgehead atoms. The number of aryl methyl sites for hydroxylation is 2. The highest BCUT2D eigenvalue weighted by molar-refractivity contribution is 5.76. The Bertz CT molecular complexity index is 1050. The van der Waals surface area contributed by atoms with Crippen LogP contribution in [0.5, 0.6) is 0 Å². The number of carbonyl (C=O) groups is 1. The van der Waals surface area contributed by atoms with Crippen LogP contribution in [-0.4, -0.2) is 34.2 Å². The molecule has 2 aromatic rings. The van der Waals surface area contributed by atoms with E-state index in [-0.39, 0.29) is 29.6 Å². The van der Waals surface area contributed by atoms with E-state index in [0.717, 1.165) is 16.7 Å². The summed E-state index contributed by atoms with van der Waals surface area (Å²) in [5.41, 5.74) is -0.313. The number of amides is 1. The van der Waals surface area contributed by atoms with Crippen molar-refractivity contribution in [3.05, 3.63) is 62.4 Å². The van der Waals surface area contributed by atoms with Crippen LogP contribution in [0, 0.1) is 0 Å². The van der Waals surface area contributed by atoms with Gasteiger partial charge < -0.3 is 14.8 Å². The lowest BCUT2D eigenvalue weighted by Crippen LogP contribution is -2.47. The maximum atomic E-state index is 12.6. The smallest absolute Gasteiger partial charge is 0.366 e. The minimum absolute atomic E-state index is 0.0345. The molecule has 7 nitrogen and oxygen atoms in total. The van der Waals surface area contributed by atoms with E-state index in [1.54, 1.807) is 7.05 Å². The lowest BCUT2D eigenvalue weighted by molar-refractivity contribution is -0.137. The molecule has 1 aliphatic rings. The SMILES string of the molecule is Cn1cc(N2CCC(NC(=O)CCc3ccc(C(F)(F)F)cc3)CC2)c(=O)n(C)c1=O. The Morgan fingerprint density at radius 3 is 2.29 bits per heavy atom. The van der Waals surface area contributed by atoms with Crippen LogP contribution < -0.4 is 21.5 Å². The summed E-state index contributed by atoms with van der Waals surface area (Å²) in [5, 5.41) is 2.96. The zero-order valence-corrected chi connectivity index (χ0v) is 17.4. The van der Waals surface area contributed by atoms with Crippen molar-refractivity contribution in [3.8, 4) is 0 Å². The van der Waals surface area contributed by atoms with E-state index in [0.29, 0.717) is 43.6 Å². The van der Waals surface area contributed by atoms with Gasteiger partial charge in [-0.2, -0.15) is 13.2 Å². The van der Waals surface area contributed by atoms with E-state index in [2.05, 4.69) is 5.32 Å². The summed E-state index contributed by atoms with van der Waals surface area (Å²) in [6, 6.07) is 4.79. The van der Waals surface area contributed by atoms with Crippen LogP contribution in [0.4, 0.5) is 18.9 Å². The van der Waals surface area contributed by atoms with Crippen LogP contribution in [0.2, 0.25) is 0 Å². The fourth-order valence-electron chi connectivity index (χ4n) is 3.69. The number of halogens is 3. The average molecular weight is 438 g/mol. The first kappa shape index (κ1) is 22.6. The summed E-state index contributed by atoms with van der Waals surface area (Å²) < 4.78 is 40.3. The molecule has 1 aliphatic heterocycles. The van der Waals surface area contributed by atoms with E-state index in [4.69, 9.17) is 0 Å². The van der Waals surface area contributed by atoms with Gasteiger partial charge in [0.1, 0.15) is 5.69 Å². The summed E-state index contributed by atoms with van der Waals surface area (Å²) in [6.07, 6.45) is -0.989. The van der Waals surface area contributed by atoms with E-state index in [1.807, 2.05) is 4.90 Å². The fourth-order valence-corrected chi connectivity index (χ4v) is 3.69. The molecule has 31 heavy (non-hydrogen) atoms. The first-order valence-electron chi connectivity index (χ1n) is 10.0. The number of piperidine rings is 1. The maximum Gasteiger partial charge on any atom is 0.416 e. The van der Waals surface area contributed by atoms with Crippen LogP contribution in [0.25, 0.3) is 0 Å². The molecule has 0 unspecified atom stereocenters. The second kappa shape index (κ2) is 8.99. The van der Waals surface area contributed by atoms with Gasteiger partial charge in [-0.1, -0.05) is 12.1 Å². The summed E-state index contributed by atoms with van der Waals surface area (Å²) in [6.45, 7) is 1.13. The molecular formula is C21H25F3N4O3. The lowest BCUT2D eigenvalue weighted by atomic mass is 10.0. The second-order valence-electron chi connectivity index (χ2n) is 7.80. The Hall–Kier alpha value is -3.04. The Labute approximate surface area is 177 Å². The predicted molar refractivity (Wildman–Crippen MR) is 110 cm³/mol. The number of nitrogens with one attached hydrogen (secondary N) is 1. The van der Waals surface area contributed by atoms with Gasteiger partial charge in [0.25, 0.3) is 5.56 Å². The standard InChI is InChI=1S/C21H25F3N4O3/c1-26-13-17(19(30)27(2)20(26)31)28-11-9-16(10-12-28)25-18(29)8-5-14-3-6-15(7-4-14)21(22,23)24/h3-4,6-7,13,16H,5,8-12H2,1-2H3,(H,25,29). The van der Waals surface area contributed by atoms with Crippen molar-refractivity contribution in [1.82, 2.24) is 14.5 Å². The molecule has 0 spiro atoms. The molecule has 0 atom stereocenters. The molecule has 10 heteroatoms.